The molecule has 0 atom stereocenters. The Bertz CT molecular complexity index is 233. The summed E-state index contributed by atoms with van der Waals surface area (Å²) in [4.78, 5) is 5.06. The van der Waals surface area contributed by atoms with Gasteiger partial charge in [0.2, 0.25) is 0 Å². The number of nitrogens with zero attached hydrogens (tertiary/aromatic N) is 1. The fraction of sp³-hybridized carbons (Fsp3) is 0.462. The number of oxime groups is 1. The Morgan fingerprint density at radius 3 is 2.33 bits per heavy atom. The molecule has 2 heteroatoms. The van der Waals surface area contributed by atoms with Crippen molar-refractivity contribution in [3.05, 3.63) is 36.5 Å². The average molecular weight is 209 g/mol. The number of hydrogen-bond donors (Lipinski definition) is 0. The van der Waals surface area contributed by atoms with Crippen molar-refractivity contribution in [2.24, 2.45) is 5.16 Å². The van der Waals surface area contributed by atoms with Gasteiger partial charge in [0.15, 0.2) is 0 Å². The largest absolute Gasteiger partial charge is 0.391 e. The van der Waals surface area contributed by atoms with Gasteiger partial charge >= 0.3 is 0 Å². The summed E-state index contributed by atoms with van der Waals surface area (Å²) in [5.74, 6) is 0. The van der Waals surface area contributed by atoms with Crippen molar-refractivity contribution in [1.29, 1.82) is 0 Å². The summed E-state index contributed by atoms with van der Waals surface area (Å²) >= 11 is 0. The summed E-state index contributed by atoms with van der Waals surface area (Å²) in [6.07, 6.45) is 7.62. The molecule has 0 aromatic heterocycles. The molecule has 0 N–H and O–H groups in total. The Labute approximate surface area is 94.0 Å². The summed E-state index contributed by atoms with van der Waals surface area (Å²) in [5.41, 5.74) is 1.93. The molecule has 0 saturated carbocycles. The number of rotatable bonds is 5. The first-order valence-electron chi connectivity index (χ1n) is 5.28. The minimum atomic E-state index is 0.471. The third kappa shape index (κ3) is 12.7. The predicted molar refractivity (Wildman–Crippen MR) is 69.2 cm³/mol. The highest BCUT2D eigenvalue weighted by Gasteiger charge is 1.89. The van der Waals surface area contributed by atoms with Gasteiger partial charge in [-0.1, -0.05) is 49.9 Å². The Balaban J connectivity index is 0. The lowest BCUT2D eigenvalue weighted by Crippen LogP contribution is -1.92. The van der Waals surface area contributed by atoms with Crippen LogP contribution < -0.4 is 0 Å². The summed E-state index contributed by atoms with van der Waals surface area (Å²) in [7, 11) is 0. The van der Waals surface area contributed by atoms with Crippen LogP contribution in [0, 0.1) is 0 Å². The summed E-state index contributed by atoms with van der Waals surface area (Å²) in [6.45, 7) is 13.9. The summed E-state index contributed by atoms with van der Waals surface area (Å²) in [5, 5.41) is 3.82. The highest BCUT2D eigenvalue weighted by Crippen LogP contribution is 1.98. The van der Waals surface area contributed by atoms with E-state index in [1.807, 2.05) is 52.8 Å². The lowest BCUT2D eigenvalue weighted by Gasteiger charge is -1.99. The fourth-order valence-electron chi connectivity index (χ4n) is 0.631. The molecule has 0 fully saturated rings. The van der Waals surface area contributed by atoms with Crippen LogP contribution in [-0.2, 0) is 4.84 Å². The van der Waals surface area contributed by atoms with Crippen molar-refractivity contribution in [3.8, 4) is 0 Å². The van der Waals surface area contributed by atoms with Crippen LogP contribution in [0.4, 0.5) is 0 Å². The maximum atomic E-state index is 5.06. The molecule has 0 bridgehead atoms. The van der Waals surface area contributed by atoms with E-state index in [9.17, 15) is 0 Å². The van der Waals surface area contributed by atoms with Gasteiger partial charge in [0.05, 0.1) is 5.71 Å². The molecule has 0 rings (SSSR count). The van der Waals surface area contributed by atoms with Gasteiger partial charge in [0.1, 0.15) is 6.61 Å². The fourth-order valence-corrected chi connectivity index (χ4v) is 0.631. The van der Waals surface area contributed by atoms with E-state index in [0.717, 1.165) is 11.3 Å². The second-order valence-electron chi connectivity index (χ2n) is 2.78. The first-order valence-corrected chi connectivity index (χ1v) is 5.28. The van der Waals surface area contributed by atoms with Crippen molar-refractivity contribution >= 4 is 5.71 Å². The van der Waals surface area contributed by atoms with Gasteiger partial charge in [0.25, 0.3) is 0 Å². The van der Waals surface area contributed by atoms with Gasteiger partial charge in [-0.2, -0.15) is 0 Å². The Hall–Kier alpha value is -1.31. The van der Waals surface area contributed by atoms with Gasteiger partial charge in [-0.3, -0.25) is 0 Å². The van der Waals surface area contributed by atoms with E-state index in [2.05, 4.69) is 11.7 Å². The van der Waals surface area contributed by atoms with Gasteiger partial charge in [-0.05, 0) is 26.3 Å². The van der Waals surface area contributed by atoms with E-state index in [0.29, 0.717) is 6.61 Å². The van der Waals surface area contributed by atoms with E-state index in [1.165, 1.54) is 0 Å². The SMILES string of the molecule is C=C/C(=C\C=C/C)CON=C(C)C.CC. The first kappa shape index (κ1) is 16.1. The monoisotopic (exact) mass is 209 g/mol. The molecular formula is C13H23NO. The van der Waals surface area contributed by atoms with Gasteiger partial charge < -0.3 is 4.84 Å². The lowest BCUT2D eigenvalue weighted by atomic mass is 10.2. The van der Waals surface area contributed by atoms with Gasteiger partial charge in [0, 0.05) is 0 Å². The van der Waals surface area contributed by atoms with Crippen LogP contribution >= 0.6 is 0 Å². The molecule has 0 spiro atoms. The minimum absolute atomic E-state index is 0.471. The molecular weight excluding hydrogens is 186 g/mol. The van der Waals surface area contributed by atoms with Crippen molar-refractivity contribution in [2.75, 3.05) is 6.61 Å². The highest BCUT2D eigenvalue weighted by atomic mass is 16.6. The number of allylic oxidation sites excluding steroid dienone is 3. The molecule has 2 nitrogen and oxygen atoms in total. The van der Waals surface area contributed by atoms with Gasteiger partial charge in [-0.15, -0.1) is 0 Å². The molecule has 0 saturated heterocycles. The molecule has 0 aromatic rings. The third-order valence-corrected chi connectivity index (χ3v) is 1.24. The second kappa shape index (κ2) is 12.7. The van der Waals surface area contributed by atoms with E-state index in [-0.39, 0.29) is 0 Å². The van der Waals surface area contributed by atoms with Crippen LogP contribution in [0.3, 0.4) is 0 Å². The van der Waals surface area contributed by atoms with Crippen LogP contribution in [0.15, 0.2) is 41.6 Å². The molecule has 15 heavy (non-hydrogen) atoms. The predicted octanol–water partition coefficient (Wildman–Crippen LogP) is 4.11. The maximum absolute atomic E-state index is 5.06. The summed E-state index contributed by atoms with van der Waals surface area (Å²) in [6, 6.07) is 0. The van der Waals surface area contributed by atoms with Crippen LogP contribution in [0.2, 0.25) is 0 Å². The zero-order valence-corrected chi connectivity index (χ0v) is 10.6. The van der Waals surface area contributed by atoms with Crippen LogP contribution in [-0.4, -0.2) is 12.3 Å². The molecule has 0 aliphatic heterocycles. The molecule has 0 radical (unpaired) electrons. The zero-order valence-electron chi connectivity index (χ0n) is 10.6. The second-order valence-corrected chi connectivity index (χ2v) is 2.78. The first-order chi connectivity index (χ1) is 7.20. The standard InChI is InChI=1S/C11H17NO.C2H6/c1-5-7-8-11(6-2)9-13-12-10(3)4;1-2/h5-8H,2,9H2,1,3-4H3;1-2H3/b7-5-,11-8+;. The zero-order chi connectivity index (χ0) is 12.1. The Kier molecular flexibility index (Phi) is 13.6. The molecule has 0 aromatic carbocycles. The van der Waals surface area contributed by atoms with Crippen molar-refractivity contribution < 1.29 is 4.84 Å². The third-order valence-electron chi connectivity index (χ3n) is 1.24. The number of hydrogen-bond acceptors (Lipinski definition) is 2. The topological polar surface area (TPSA) is 21.6 Å². The molecule has 0 unspecified atom stereocenters. The van der Waals surface area contributed by atoms with Crippen molar-refractivity contribution in [1.82, 2.24) is 0 Å². The average Bonchev–Trinajstić information content (AvgIpc) is 2.25. The van der Waals surface area contributed by atoms with Crippen molar-refractivity contribution in [2.45, 2.75) is 34.6 Å². The van der Waals surface area contributed by atoms with Crippen molar-refractivity contribution in [3.63, 3.8) is 0 Å². The van der Waals surface area contributed by atoms with E-state index < -0.39 is 0 Å². The quantitative estimate of drug-likeness (QED) is 0.379. The molecule has 86 valence electrons. The van der Waals surface area contributed by atoms with E-state index in [1.54, 1.807) is 6.08 Å². The Morgan fingerprint density at radius 2 is 1.93 bits per heavy atom. The smallest absolute Gasteiger partial charge is 0.142 e. The van der Waals surface area contributed by atoms with Crippen LogP contribution in [0.5, 0.6) is 0 Å². The van der Waals surface area contributed by atoms with Crippen LogP contribution in [0.25, 0.3) is 0 Å². The normalized spacial score (nSPS) is 10.3. The lowest BCUT2D eigenvalue weighted by molar-refractivity contribution is 0.169. The molecule has 0 amide bonds. The van der Waals surface area contributed by atoms with Crippen LogP contribution in [0.1, 0.15) is 34.6 Å². The van der Waals surface area contributed by atoms with E-state index >= 15 is 0 Å². The Morgan fingerprint density at radius 1 is 1.33 bits per heavy atom. The maximum Gasteiger partial charge on any atom is 0.142 e. The highest BCUT2D eigenvalue weighted by molar-refractivity contribution is 5.78. The molecule has 0 heterocycles. The molecule has 0 aliphatic rings. The van der Waals surface area contributed by atoms with Gasteiger partial charge in [-0.25, -0.2) is 0 Å². The molecule has 0 aliphatic carbocycles. The minimum Gasteiger partial charge on any atom is -0.391 e. The summed E-state index contributed by atoms with van der Waals surface area (Å²) < 4.78 is 0. The van der Waals surface area contributed by atoms with E-state index in [4.69, 9.17) is 4.84 Å².